The highest BCUT2D eigenvalue weighted by Crippen LogP contribution is 2.19. The minimum atomic E-state index is -3.28. The van der Waals surface area contributed by atoms with Gasteiger partial charge in [0.15, 0.2) is 0 Å². The average molecular weight is 297 g/mol. The number of hydrogen-bond donors (Lipinski definition) is 4. The molecule has 0 amide bonds. The fraction of sp³-hybridized carbons (Fsp3) is 0.273. The molecule has 9 heteroatoms. The molecule has 1 aromatic heterocycles. The number of nitrogens with zero attached hydrogens (tertiary/aromatic N) is 2. The zero-order chi connectivity index (χ0) is 14.9. The Balaban J connectivity index is 2.35. The van der Waals surface area contributed by atoms with Crippen LogP contribution < -0.4 is 10.5 Å². The fourth-order valence-corrected chi connectivity index (χ4v) is 2.36. The number of rotatable bonds is 5. The lowest BCUT2D eigenvalue weighted by atomic mass is 10.2. The minimum Gasteiger partial charge on any atom is -0.427 e. The van der Waals surface area contributed by atoms with Crippen molar-refractivity contribution in [3.8, 4) is 0 Å². The van der Waals surface area contributed by atoms with Gasteiger partial charge in [-0.15, -0.1) is 0 Å². The summed E-state index contributed by atoms with van der Waals surface area (Å²) in [5.74, 6) is 0.122. The van der Waals surface area contributed by atoms with Crippen molar-refractivity contribution in [3.05, 3.63) is 29.6 Å². The predicted octanol–water partition coefficient (Wildman–Crippen LogP) is -0.351. The van der Waals surface area contributed by atoms with Gasteiger partial charge in [0.1, 0.15) is 17.2 Å². The second-order valence-electron chi connectivity index (χ2n) is 4.34. The van der Waals surface area contributed by atoms with Crippen LogP contribution in [0.25, 0.3) is 11.0 Å². The number of nitrogens with two attached hydrogens (primary N) is 1. The lowest BCUT2D eigenvalue weighted by molar-refractivity contribution is 0.187. The lowest BCUT2D eigenvalue weighted by Crippen LogP contribution is -2.25. The van der Waals surface area contributed by atoms with Gasteiger partial charge in [0.25, 0.3) is 0 Å². The van der Waals surface area contributed by atoms with E-state index in [4.69, 9.17) is 11.1 Å². The zero-order valence-corrected chi connectivity index (χ0v) is 11.6. The SMILES string of the molecule is CS(=O)(=O)NCCc1nc2cccc(C(=N)N)c2n1O. The molecule has 0 unspecified atom stereocenters. The molecule has 2 aromatic rings. The number of nitrogen functional groups attached to an aromatic ring is 1. The van der Waals surface area contributed by atoms with Gasteiger partial charge in [0, 0.05) is 18.5 Å². The smallest absolute Gasteiger partial charge is 0.208 e. The summed E-state index contributed by atoms with van der Waals surface area (Å²) in [5, 5.41) is 17.6. The third kappa shape index (κ3) is 2.89. The molecule has 20 heavy (non-hydrogen) atoms. The van der Waals surface area contributed by atoms with E-state index in [9.17, 15) is 13.6 Å². The molecule has 108 valence electrons. The maximum atomic E-state index is 11.0. The molecule has 1 heterocycles. The third-order valence-electron chi connectivity index (χ3n) is 2.72. The fourth-order valence-electron chi connectivity index (χ4n) is 1.89. The lowest BCUT2D eigenvalue weighted by Gasteiger charge is -2.04. The predicted molar refractivity (Wildman–Crippen MR) is 74.5 cm³/mol. The van der Waals surface area contributed by atoms with Crippen LogP contribution in [0.5, 0.6) is 0 Å². The molecule has 0 bridgehead atoms. The highest BCUT2D eigenvalue weighted by atomic mass is 32.2. The number of fused-ring (bicyclic) bond motifs is 1. The highest BCUT2D eigenvalue weighted by molar-refractivity contribution is 7.88. The molecule has 0 radical (unpaired) electrons. The molecule has 5 N–H and O–H groups in total. The van der Waals surface area contributed by atoms with E-state index in [2.05, 4.69) is 9.71 Å². The summed E-state index contributed by atoms with van der Waals surface area (Å²) in [4.78, 5) is 4.20. The van der Waals surface area contributed by atoms with Crippen molar-refractivity contribution in [1.29, 1.82) is 5.41 Å². The van der Waals surface area contributed by atoms with Crippen LogP contribution in [0.4, 0.5) is 0 Å². The Labute approximate surface area is 115 Å². The molecule has 0 spiro atoms. The van der Waals surface area contributed by atoms with Gasteiger partial charge in [-0.3, -0.25) is 5.41 Å². The maximum Gasteiger partial charge on any atom is 0.208 e. The van der Waals surface area contributed by atoms with Crippen LogP contribution in [-0.4, -0.2) is 42.0 Å². The highest BCUT2D eigenvalue weighted by Gasteiger charge is 2.15. The molecule has 0 saturated heterocycles. The molecular formula is C11H15N5O3S. The second kappa shape index (κ2) is 5.10. The molecule has 0 fully saturated rings. The zero-order valence-electron chi connectivity index (χ0n) is 10.8. The Morgan fingerprint density at radius 3 is 2.85 bits per heavy atom. The summed E-state index contributed by atoms with van der Waals surface area (Å²) in [6.45, 7) is 0.123. The first kappa shape index (κ1) is 14.3. The number of imidazole rings is 1. The van der Waals surface area contributed by atoms with Gasteiger partial charge in [-0.25, -0.2) is 18.1 Å². The number of sulfonamides is 1. The van der Waals surface area contributed by atoms with E-state index in [1.165, 1.54) is 0 Å². The van der Waals surface area contributed by atoms with Crippen molar-refractivity contribution >= 4 is 26.9 Å². The molecule has 0 atom stereocenters. The Hall–Kier alpha value is -2.13. The monoisotopic (exact) mass is 297 g/mol. The molecule has 1 aromatic carbocycles. The van der Waals surface area contributed by atoms with Gasteiger partial charge in [0.2, 0.25) is 10.0 Å². The van der Waals surface area contributed by atoms with E-state index >= 15 is 0 Å². The standard InChI is InChI=1S/C11H15N5O3S/c1-20(18,19)14-6-5-9-15-8-4-2-3-7(11(12)13)10(8)16(9)17/h2-4,14,17H,5-6H2,1H3,(H3,12,13). The Bertz CT molecular complexity index is 766. The van der Waals surface area contributed by atoms with E-state index in [1.54, 1.807) is 18.2 Å². The molecule has 2 rings (SSSR count). The first-order chi connectivity index (χ1) is 9.29. The van der Waals surface area contributed by atoms with Crippen molar-refractivity contribution in [2.75, 3.05) is 12.8 Å². The summed E-state index contributed by atoms with van der Waals surface area (Å²) in [5.41, 5.74) is 6.67. The van der Waals surface area contributed by atoms with Crippen LogP contribution in [0.1, 0.15) is 11.4 Å². The average Bonchev–Trinajstić information content (AvgIpc) is 2.65. The number of nitrogens with one attached hydrogen (secondary N) is 2. The van der Waals surface area contributed by atoms with Gasteiger partial charge in [0.05, 0.1) is 11.8 Å². The van der Waals surface area contributed by atoms with E-state index < -0.39 is 10.0 Å². The topological polar surface area (TPSA) is 134 Å². The molecule has 8 nitrogen and oxygen atoms in total. The summed E-state index contributed by atoms with van der Waals surface area (Å²) >= 11 is 0. The second-order valence-corrected chi connectivity index (χ2v) is 6.18. The van der Waals surface area contributed by atoms with E-state index in [1.807, 2.05) is 0 Å². The van der Waals surface area contributed by atoms with Crippen LogP contribution in [-0.2, 0) is 16.4 Å². The molecule has 0 aliphatic rings. The Morgan fingerprint density at radius 1 is 1.55 bits per heavy atom. The molecule has 0 aliphatic heterocycles. The minimum absolute atomic E-state index is 0.123. The summed E-state index contributed by atoms with van der Waals surface area (Å²) < 4.78 is 25.1. The number of para-hydroxylation sites is 1. The largest absolute Gasteiger partial charge is 0.427 e. The number of hydrogen-bond acceptors (Lipinski definition) is 5. The van der Waals surface area contributed by atoms with Crippen LogP contribution in [0.2, 0.25) is 0 Å². The van der Waals surface area contributed by atoms with E-state index in [-0.39, 0.29) is 18.8 Å². The van der Waals surface area contributed by atoms with Crippen molar-refractivity contribution in [2.24, 2.45) is 5.73 Å². The normalized spacial score (nSPS) is 11.8. The summed E-state index contributed by atoms with van der Waals surface area (Å²) in [6, 6.07) is 4.98. The van der Waals surface area contributed by atoms with Crippen molar-refractivity contribution < 1.29 is 13.6 Å². The number of benzene rings is 1. The van der Waals surface area contributed by atoms with Crippen LogP contribution in [0.3, 0.4) is 0 Å². The molecular weight excluding hydrogens is 282 g/mol. The number of aromatic nitrogens is 2. The van der Waals surface area contributed by atoms with E-state index in [0.29, 0.717) is 22.4 Å². The Kier molecular flexibility index (Phi) is 3.64. The van der Waals surface area contributed by atoms with Crippen LogP contribution in [0, 0.1) is 5.41 Å². The van der Waals surface area contributed by atoms with Crippen LogP contribution in [0.15, 0.2) is 18.2 Å². The van der Waals surface area contributed by atoms with Crippen LogP contribution >= 0.6 is 0 Å². The Morgan fingerprint density at radius 2 is 2.25 bits per heavy atom. The first-order valence-electron chi connectivity index (χ1n) is 5.78. The van der Waals surface area contributed by atoms with Crippen molar-refractivity contribution in [3.63, 3.8) is 0 Å². The summed E-state index contributed by atoms with van der Waals surface area (Å²) in [6.07, 6.45) is 1.28. The van der Waals surface area contributed by atoms with Gasteiger partial charge in [-0.2, -0.15) is 4.73 Å². The van der Waals surface area contributed by atoms with Gasteiger partial charge in [-0.05, 0) is 12.1 Å². The maximum absolute atomic E-state index is 11.0. The number of amidine groups is 1. The quantitative estimate of drug-likeness (QED) is 0.340. The van der Waals surface area contributed by atoms with Crippen molar-refractivity contribution in [2.45, 2.75) is 6.42 Å². The van der Waals surface area contributed by atoms with E-state index in [0.717, 1.165) is 11.0 Å². The summed E-state index contributed by atoms with van der Waals surface area (Å²) in [7, 11) is -3.28. The molecule has 0 aliphatic carbocycles. The third-order valence-corrected chi connectivity index (χ3v) is 3.45. The first-order valence-corrected chi connectivity index (χ1v) is 7.67. The van der Waals surface area contributed by atoms with Gasteiger partial charge >= 0.3 is 0 Å². The van der Waals surface area contributed by atoms with Gasteiger partial charge in [-0.1, -0.05) is 6.07 Å². The molecule has 0 saturated carbocycles. The van der Waals surface area contributed by atoms with Gasteiger partial charge < -0.3 is 10.9 Å². The van der Waals surface area contributed by atoms with Crippen molar-refractivity contribution in [1.82, 2.24) is 14.4 Å².